The van der Waals surface area contributed by atoms with E-state index in [1.165, 1.54) is 43.3 Å². The van der Waals surface area contributed by atoms with E-state index in [2.05, 4.69) is 0 Å². The van der Waals surface area contributed by atoms with E-state index in [-0.39, 0.29) is 16.9 Å². The van der Waals surface area contributed by atoms with E-state index in [0.29, 0.717) is 5.56 Å². The molecule has 23 nitrogen and oxygen atoms in total. The summed E-state index contributed by atoms with van der Waals surface area (Å²) in [6.45, 7) is -0.0479. The maximum atomic E-state index is 14.0. The lowest BCUT2D eigenvalue weighted by Gasteiger charge is -2.45. The highest BCUT2D eigenvalue weighted by Crippen LogP contribution is 2.40. The van der Waals surface area contributed by atoms with Crippen molar-refractivity contribution < 1.29 is 109 Å². The van der Waals surface area contributed by atoms with Crippen LogP contribution in [-0.4, -0.2) is 178 Å². The quantitative estimate of drug-likeness (QED) is 0.0406. The van der Waals surface area contributed by atoms with Gasteiger partial charge in [-0.15, -0.1) is 0 Å². The Morgan fingerprint density at radius 2 is 1.34 bits per heavy atom. The fourth-order valence-corrected chi connectivity index (χ4v) is 7.24. The van der Waals surface area contributed by atoms with Gasteiger partial charge in [0.15, 0.2) is 29.7 Å². The fraction of sp³-hybridized carbons (Fsp3) is 0.429. The van der Waals surface area contributed by atoms with Gasteiger partial charge in [-0.1, -0.05) is 12.1 Å². The summed E-state index contributed by atoms with van der Waals surface area (Å²) < 4.78 is 45.2. The zero-order valence-corrected chi connectivity index (χ0v) is 33.8. The first-order valence-corrected chi connectivity index (χ1v) is 19.9. The van der Waals surface area contributed by atoms with Crippen LogP contribution in [0.4, 0.5) is 0 Å². The van der Waals surface area contributed by atoms with Gasteiger partial charge in [0, 0.05) is 23.8 Å². The molecule has 15 atom stereocenters. The Labute approximate surface area is 365 Å². The molecule has 7 rings (SSSR count). The molecule has 0 amide bonds. The zero-order chi connectivity index (χ0) is 47.0. The third kappa shape index (κ3) is 9.83. The molecule has 0 spiro atoms. The van der Waals surface area contributed by atoms with E-state index in [1.807, 2.05) is 0 Å². The van der Waals surface area contributed by atoms with Crippen molar-refractivity contribution in [2.24, 2.45) is 0 Å². The molecule has 0 radical (unpaired) electrons. The summed E-state index contributed by atoms with van der Waals surface area (Å²) in [6.07, 6.45) is -23.3. The smallest absolute Gasteiger partial charge is 0.330 e. The molecule has 3 aliphatic heterocycles. The normalized spacial score (nSPS) is 32.9. The van der Waals surface area contributed by atoms with Gasteiger partial charge in [-0.25, -0.2) is 4.79 Å². The van der Waals surface area contributed by atoms with E-state index in [4.69, 9.17) is 37.6 Å². The van der Waals surface area contributed by atoms with Crippen LogP contribution >= 0.6 is 0 Å². The largest absolute Gasteiger partial charge is 0.508 e. The summed E-state index contributed by atoms with van der Waals surface area (Å²) in [7, 11) is 0. The number of fused-ring (bicyclic) bond motifs is 1. The van der Waals surface area contributed by atoms with Gasteiger partial charge in [0.05, 0.1) is 12.7 Å². The first-order valence-electron chi connectivity index (χ1n) is 19.9. The molecule has 3 aromatic carbocycles. The van der Waals surface area contributed by atoms with E-state index >= 15 is 0 Å². The topological polar surface area (TPSA) is 375 Å². The first kappa shape index (κ1) is 47.3. The molecular formula is C42H46O23. The van der Waals surface area contributed by atoms with Crippen LogP contribution in [0.5, 0.6) is 34.5 Å². The molecule has 3 fully saturated rings. The molecule has 0 bridgehead atoms. The maximum Gasteiger partial charge on any atom is 0.330 e. The predicted octanol–water partition coefficient (Wildman–Crippen LogP) is -2.24. The first-order chi connectivity index (χ1) is 30.9. The second-order valence-electron chi connectivity index (χ2n) is 15.4. The molecule has 1 aromatic heterocycles. The molecule has 13 N–H and O–H groups in total. The number of ether oxygens (including phenoxy) is 7. The van der Waals surface area contributed by atoms with Gasteiger partial charge >= 0.3 is 5.97 Å². The summed E-state index contributed by atoms with van der Waals surface area (Å²) in [5.41, 5.74) is -1.04. The van der Waals surface area contributed by atoms with Crippen molar-refractivity contribution in [3.05, 3.63) is 76.5 Å². The predicted molar refractivity (Wildman–Crippen MR) is 214 cm³/mol. The van der Waals surface area contributed by atoms with Gasteiger partial charge in [-0.3, -0.25) is 4.79 Å². The number of hydrogen-bond acceptors (Lipinski definition) is 23. The molecule has 65 heavy (non-hydrogen) atoms. The highest BCUT2D eigenvalue weighted by atomic mass is 16.8. The lowest BCUT2D eigenvalue weighted by Crippen LogP contribution is -2.64. The molecule has 23 heteroatoms. The lowest BCUT2D eigenvalue weighted by molar-refractivity contribution is -0.355. The fourth-order valence-electron chi connectivity index (χ4n) is 7.24. The standard InChI is InChI=1S/C42H46O23/c1-15-28(49)34(55)39(42(59-15)64-38-31(52)27-22(47)11-18(44)12-23(27)61-37(38)17-5-8-20(45)21(46)10-17)65-41-36(57)33(54)30(51)25(63-41)14-58-26(48)9-4-16-2-6-19(7-3-16)60-40-35(56)32(53)29(50)24(13-43)62-40/h2-12,15,24-25,28-30,32-36,39-47,49-51,53-57H,13-14H2,1H3/b9-4+. The van der Waals surface area contributed by atoms with E-state index in [0.717, 1.165) is 30.3 Å². The molecule has 0 aliphatic carbocycles. The number of phenolic OH excluding ortho intramolecular Hbond substituents is 4. The minimum absolute atomic E-state index is 0.0768. The Morgan fingerprint density at radius 3 is 2.02 bits per heavy atom. The van der Waals surface area contributed by atoms with Gasteiger partial charge < -0.3 is 104 Å². The molecule has 352 valence electrons. The average molecular weight is 919 g/mol. The van der Waals surface area contributed by atoms with Gasteiger partial charge in [-0.05, 0) is 48.9 Å². The number of rotatable bonds is 12. The number of phenols is 4. The van der Waals surface area contributed by atoms with Crippen molar-refractivity contribution in [1.82, 2.24) is 0 Å². The minimum atomic E-state index is -2.06. The minimum Gasteiger partial charge on any atom is -0.508 e. The van der Waals surface area contributed by atoms with Crippen LogP contribution in [-0.2, 0) is 28.5 Å². The van der Waals surface area contributed by atoms with Crippen molar-refractivity contribution in [3.8, 4) is 45.8 Å². The summed E-state index contributed by atoms with van der Waals surface area (Å²) in [5.74, 6) is -4.38. The van der Waals surface area contributed by atoms with Crippen molar-refractivity contribution in [1.29, 1.82) is 0 Å². The number of benzene rings is 3. The number of aromatic hydroxyl groups is 4. The van der Waals surface area contributed by atoms with Crippen LogP contribution in [0.3, 0.4) is 0 Å². The summed E-state index contributed by atoms with van der Waals surface area (Å²) >= 11 is 0. The van der Waals surface area contributed by atoms with Crippen LogP contribution < -0.4 is 14.9 Å². The van der Waals surface area contributed by atoms with Crippen LogP contribution in [0.2, 0.25) is 0 Å². The number of aliphatic hydroxyl groups is 9. The van der Waals surface area contributed by atoms with Gasteiger partial charge in [0.1, 0.15) is 95.9 Å². The zero-order valence-electron chi connectivity index (χ0n) is 33.8. The molecule has 0 saturated carbocycles. The lowest BCUT2D eigenvalue weighted by atomic mass is 9.97. The van der Waals surface area contributed by atoms with Gasteiger partial charge in [0.25, 0.3) is 0 Å². The Hall–Kier alpha value is -5.64. The molecule has 4 aromatic rings. The van der Waals surface area contributed by atoms with Crippen LogP contribution in [0.1, 0.15) is 12.5 Å². The van der Waals surface area contributed by atoms with Crippen LogP contribution in [0.15, 0.2) is 69.9 Å². The van der Waals surface area contributed by atoms with Gasteiger partial charge in [0.2, 0.25) is 23.8 Å². The van der Waals surface area contributed by atoms with Crippen molar-refractivity contribution in [2.75, 3.05) is 13.2 Å². The average Bonchev–Trinajstić information content (AvgIpc) is 3.27. The summed E-state index contributed by atoms with van der Waals surface area (Å²) in [5, 5.41) is 134. The van der Waals surface area contributed by atoms with E-state index in [9.17, 15) is 76.0 Å². The number of carbonyl (C=O) groups is 1. The Bertz CT molecular complexity index is 2400. The van der Waals surface area contributed by atoms with E-state index < -0.39 is 157 Å². The summed E-state index contributed by atoms with van der Waals surface area (Å²) in [6, 6.07) is 11.0. The van der Waals surface area contributed by atoms with Crippen LogP contribution in [0.25, 0.3) is 28.4 Å². The molecule has 3 saturated heterocycles. The maximum absolute atomic E-state index is 14.0. The second-order valence-corrected chi connectivity index (χ2v) is 15.4. The Kier molecular flexibility index (Phi) is 14.2. The van der Waals surface area contributed by atoms with Crippen LogP contribution in [0, 0.1) is 0 Å². The van der Waals surface area contributed by atoms with Crippen molar-refractivity contribution in [2.45, 2.75) is 99.0 Å². The number of aliphatic hydroxyl groups excluding tert-OH is 9. The number of carbonyl (C=O) groups excluding carboxylic acids is 1. The highest BCUT2D eigenvalue weighted by Gasteiger charge is 2.51. The van der Waals surface area contributed by atoms with Crippen molar-refractivity contribution >= 4 is 23.0 Å². The number of esters is 1. The van der Waals surface area contributed by atoms with Gasteiger partial charge in [-0.2, -0.15) is 0 Å². The molecule has 4 heterocycles. The Balaban J connectivity index is 1.05. The Morgan fingerprint density at radius 1 is 0.677 bits per heavy atom. The third-order valence-corrected chi connectivity index (χ3v) is 10.9. The summed E-state index contributed by atoms with van der Waals surface area (Å²) in [4.78, 5) is 26.7. The second kappa shape index (κ2) is 19.4. The SMILES string of the molecule is CC1OC(Oc2c(-c3ccc(O)c(O)c3)oc3cc(O)cc(O)c3c2=O)C(OC2OC(COC(=O)/C=C/c3ccc(OC4OC(CO)C(O)C(O)C4O)cc3)C(O)C(O)C2O)C(O)C1O. The third-order valence-electron chi connectivity index (χ3n) is 10.9. The molecule has 15 unspecified atom stereocenters. The number of hydrogen-bond donors (Lipinski definition) is 13. The molecular weight excluding hydrogens is 872 g/mol. The highest BCUT2D eigenvalue weighted by molar-refractivity contribution is 5.88. The monoisotopic (exact) mass is 918 g/mol. The van der Waals surface area contributed by atoms with Crippen molar-refractivity contribution in [3.63, 3.8) is 0 Å². The van der Waals surface area contributed by atoms with E-state index in [1.54, 1.807) is 0 Å². The molecule has 3 aliphatic rings.